The molecule has 2 aliphatic rings. The van der Waals surface area contributed by atoms with Crippen LogP contribution in [0, 0.1) is 5.92 Å². The van der Waals surface area contributed by atoms with Gasteiger partial charge >= 0.3 is 5.69 Å². The van der Waals surface area contributed by atoms with Crippen LogP contribution in [0.5, 0.6) is 0 Å². The molecule has 2 saturated heterocycles. The maximum absolute atomic E-state index is 13.0. The van der Waals surface area contributed by atoms with Crippen molar-refractivity contribution in [2.45, 2.75) is 32.9 Å². The van der Waals surface area contributed by atoms with Gasteiger partial charge in [0.25, 0.3) is 5.56 Å². The predicted octanol–water partition coefficient (Wildman–Crippen LogP) is -0.00220. The fourth-order valence-electron chi connectivity index (χ4n) is 4.55. The number of hydrogen-bond acceptors (Lipinski definition) is 6. The zero-order chi connectivity index (χ0) is 20.5. The van der Waals surface area contributed by atoms with Crippen LogP contribution in [0.15, 0.2) is 9.59 Å². The summed E-state index contributed by atoms with van der Waals surface area (Å²) in [6.45, 7) is 9.92. The number of likely N-dealkylation sites (tertiary alicyclic amines) is 1. The average Bonchev–Trinajstić information content (AvgIpc) is 3.08. The van der Waals surface area contributed by atoms with Crippen LogP contribution in [-0.4, -0.2) is 74.4 Å². The molecule has 0 amide bonds. The van der Waals surface area contributed by atoms with Crippen LogP contribution in [0.2, 0.25) is 0 Å². The van der Waals surface area contributed by atoms with Crippen molar-refractivity contribution in [3.05, 3.63) is 26.7 Å². The number of aromatic nitrogens is 4. The fourth-order valence-corrected chi connectivity index (χ4v) is 4.55. The molecule has 1 atom stereocenters. The van der Waals surface area contributed by atoms with E-state index in [2.05, 4.69) is 16.7 Å². The maximum Gasteiger partial charge on any atom is 0.332 e. The van der Waals surface area contributed by atoms with Crippen molar-refractivity contribution < 1.29 is 4.74 Å². The molecule has 29 heavy (non-hydrogen) atoms. The first kappa shape index (κ1) is 20.3. The lowest BCUT2D eigenvalue weighted by Crippen LogP contribution is -2.40. The zero-order valence-electron chi connectivity index (χ0n) is 17.8. The molecular formula is C20H32N6O3. The number of nitrogens with zero attached hydrogens (tertiary/aromatic N) is 6. The minimum atomic E-state index is -0.335. The fraction of sp³-hybridized carbons (Fsp3) is 0.750. The first-order valence-corrected chi connectivity index (χ1v) is 10.6. The number of fused-ring (bicyclic) bond motifs is 1. The van der Waals surface area contributed by atoms with E-state index < -0.39 is 0 Å². The van der Waals surface area contributed by atoms with Gasteiger partial charge in [-0.1, -0.05) is 6.92 Å². The highest BCUT2D eigenvalue weighted by Gasteiger charge is 2.23. The van der Waals surface area contributed by atoms with E-state index in [-0.39, 0.29) is 11.2 Å². The van der Waals surface area contributed by atoms with Crippen molar-refractivity contribution in [3.63, 3.8) is 0 Å². The quantitative estimate of drug-likeness (QED) is 0.698. The van der Waals surface area contributed by atoms with E-state index >= 15 is 0 Å². The van der Waals surface area contributed by atoms with Gasteiger partial charge in [0, 0.05) is 46.8 Å². The van der Waals surface area contributed by atoms with E-state index in [9.17, 15) is 9.59 Å². The number of rotatable bonds is 5. The third-order valence-corrected chi connectivity index (χ3v) is 6.28. The number of hydrogen-bond donors (Lipinski definition) is 0. The van der Waals surface area contributed by atoms with Crippen molar-refractivity contribution in [2.24, 2.45) is 20.0 Å². The van der Waals surface area contributed by atoms with Crippen LogP contribution in [0.25, 0.3) is 11.2 Å². The molecule has 4 heterocycles. The first-order valence-electron chi connectivity index (χ1n) is 10.6. The highest BCUT2D eigenvalue weighted by Crippen LogP contribution is 2.19. The molecule has 2 aromatic rings. The van der Waals surface area contributed by atoms with Gasteiger partial charge in [0.2, 0.25) is 0 Å². The Bertz CT molecular complexity index is 985. The largest absolute Gasteiger partial charge is 0.379 e. The van der Waals surface area contributed by atoms with Crippen LogP contribution < -0.4 is 11.2 Å². The smallest absolute Gasteiger partial charge is 0.332 e. The molecule has 0 aliphatic carbocycles. The lowest BCUT2D eigenvalue weighted by atomic mass is 10.0. The minimum absolute atomic E-state index is 0.268. The van der Waals surface area contributed by atoms with Crippen molar-refractivity contribution in [1.82, 2.24) is 28.5 Å². The van der Waals surface area contributed by atoms with Crippen LogP contribution in [0.1, 0.15) is 25.6 Å². The Labute approximate surface area is 170 Å². The van der Waals surface area contributed by atoms with E-state index in [0.29, 0.717) is 30.2 Å². The van der Waals surface area contributed by atoms with Gasteiger partial charge in [-0.3, -0.25) is 23.7 Å². The van der Waals surface area contributed by atoms with Gasteiger partial charge < -0.3 is 9.30 Å². The van der Waals surface area contributed by atoms with E-state index in [1.165, 1.54) is 29.0 Å². The SMILES string of the molecule is C[C@@H]1CCCN(Cc2nc3c(c(=O)n(C)c(=O)n3C)n2CCN2CCOCC2)C1. The molecule has 9 nitrogen and oxygen atoms in total. The Hall–Kier alpha value is -1.97. The minimum Gasteiger partial charge on any atom is -0.379 e. The summed E-state index contributed by atoms with van der Waals surface area (Å²) in [5.41, 5.74) is 0.414. The molecule has 0 spiro atoms. The Kier molecular flexibility index (Phi) is 5.89. The van der Waals surface area contributed by atoms with Crippen molar-refractivity contribution in [1.29, 1.82) is 0 Å². The van der Waals surface area contributed by atoms with Gasteiger partial charge in [-0.05, 0) is 25.3 Å². The van der Waals surface area contributed by atoms with E-state index in [0.717, 1.165) is 51.8 Å². The van der Waals surface area contributed by atoms with Crippen LogP contribution in [0.3, 0.4) is 0 Å². The third kappa shape index (κ3) is 4.04. The van der Waals surface area contributed by atoms with Gasteiger partial charge in [-0.25, -0.2) is 9.78 Å². The second kappa shape index (κ2) is 8.41. The monoisotopic (exact) mass is 404 g/mol. The normalized spacial score (nSPS) is 21.8. The average molecular weight is 405 g/mol. The second-order valence-corrected chi connectivity index (χ2v) is 8.49. The summed E-state index contributed by atoms with van der Waals surface area (Å²) < 4.78 is 10.2. The lowest BCUT2D eigenvalue weighted by molar-refractivity contribution is 0.0363. The summed E-state index contributed by atoms with van der Waals surface area (Å²) in [5, 5.41) is 0. The summed E-state index contributed by atoms with van der Waals surface area (Å²) in [6.07, 6.45) is 2.45. The molecule has 0 bridgehead atoms. The summed E-state index contributed by atoms with van der Waals surface area (Å²) >= 11 is 0. The van der Waals surface area contributed by atoms with Crippen LogP contribution in [0.4, 0.5) is 0 Å². The van der Waals surface area contributed by atoms with Gasteiger partial charge in [-0.2, -0.15) is 0 Å². The number of morpholine rings is 1. The Balaban J connectivity index is 1.71. The Morgan fingerprint density at radius 1 is 1.03 bits per heavy atom. The third-order valence-electron chi connectivity index (χ3n) is 6.28. The predicted molar refractivity (Wildman–Crippen MR) is 111 cm³/mol. The van der Waals surface area contributed by atoms with Gasteiger partial charge in [0.1, 0.15) is 5.82 Å². The summed E-state index contributed by atoms with van der Waals surface area (Å²) in [4.78, 5) is 34.9. The van der Waals surface area contributed by atoms with Gasteiger partial charge in [0.05, 0.1) is 19.8 Å². The molecule has 2 aliphatic heterocycles. The molecule has 160 valence electrons. The van der Waals surface area contributed by atoms with Crippen LogP contribution >= 0.6 is 0 Å². The molecule has 0 radical (unpaired) electrons. The number of ether oxygens (including phenoxy) is 1. The molecule has 0 unspecified atom stereocenters. The molecule has 2 fully saturated rings. The van der Waals surface area contributed by atoms with Crippen molar-refractivity contribution in [2.75, 3.05) is 45.9 Å². The summed E-state index contributed by atoms with van der Waals surface area (Å²) in [5.74, 6) is 1.55. The van der Waals surface area contributed by atoms with E-state index in [1.54, 1.807) is 7.05 Å². The first-order chi connectivity index (χ1) is 14.0. The standard InChI is InChI=1S/C20H32N6O3/c1-15-5-4-6-25(13-15)14-16-21-18-17(19(27)23(3)20(28)22(18)2)26(16)8-7-24-9-11-29-12-10-24/h15H,4-14H2,1-3H3/t15-/m1/s1. The van der Waals surface area contributed by atoms with Crippen LogP contribution in [-0.2, 0) is 31.9 Å². The van der Waals surface area contributed by atoms with Crippen molar-refractivity contribution in [3.8, 4) is 0 Å². The molecule has 0 saturated carbocycles. The lowest BCUT2D eigenvalue weighted by Gasteiger charge is -2.31. The molecule has 2 aromatic heterocycles. The Morgan fingerprint density at radius 3 is 2.52 bits per heavy atom. The number of piperidine rings is 1. The highest BCUT2D eigenvalue weighted by atomic mass is 16.5. The summed E-state index contributed by atoms with van der Waals surface area (Å²) in [6, 6.07) is 0. The summed E-state index contributed by atoms with van der Waals surface area (Å²) in [7, 11) is 3.23. The number of aryl methyl sites for hydroxylation is 1. The highest BCUT2D eigenvalue weighted by molar-refractivity contribution is 5.71. The van der Waals surface area contributed by atoms with E-state index in [4.69, 9.17) is 9.72 Å². The molecule has 0 N–H and O–H groups in total. The molecular weight excluding hydrogens is 372 g/mol. The van der Waals surface area contributed by atoms with E-state index in [1.807, 2.05) is 4.57 Å². The zero-order valence-corrected chi connectivity index (χ0v) is 17.8. The van der Waals surface area contributed by atoms with Crippen molar-refractivity contribution >= 4 is 11.2 Å². The number of imidazole rings is 1. The molecule has 9 heteroatoms. The van der Waals surface area contributed by atoms with Gasteiger partial charge in [-0.15, -0.1) is 0 Å². The maximum atomic E-state index is 13.0. The topological polar surface area (TPSA) is 77.5 Å². The molecule has 4 rings (SSSR count). The second-order valence-electron chi connectivity index (χ2n) is 8.49. The molecule has 0 aromatic carbocycles. The van der Waals surface area contributed by atoms with Gasteiger partial charge in [0.15, 0.2) is 11.2 Å². The Morgan fingerprint density at radius 2 is 1.79 bits per heavy atom.